The second kappa shape index (κ2) is 39.8. The van der Waals surface area contributed by atoms with E-state index in [-0.39, 0.29) is 102 Å². The zero-order valence-corrected chi connectivity index (χ0v) is 63.0. The van der Waals surface area contributed by atoms with Crippen LogP contribution in [0.5, 0.6) is 0 Å². The van der Waals surface area contributed by atoms with E-state index < -0.39 is 35.0 Å². The number of ether oxygens (including phenoxy) is 4. The van der Waals surface area contributed by atoms with Gasteiger partial charge in [0, 0.05) is 59.9 Å². The minimum Gasteiger partial charge on any atom is -0.455 e. The van der Waals surface area contributed by atoms with E-state index in [9.17, 15) is 36.7 Å². The number of halogens is 5. The fourth-order valence-corrected chi connectivity index (χ4v) is 18.0. The smallest absolute Gasteiger partial charge is 0.455 e. The number of rotatable bonds is 7. The van der Waals surface area contributed by atoms with E-state index in [2.05, 4.69) is 147 Å². The van der Waals surface area contributed by atoms with Crippen LogP contribution >= 0.6 is 11.8 Å². The van der Waals surface area contributed by atoms with Gasteiger partial charge in [0.1, 0.15) is 34.3 Å². The number of hydrogen-bond acceptors (Lipinski definition) is 13. The maximum Gasteiger partial charge on any atom is 2.00 e. The van der Waals surface area contributed by atoms with Crippen molar-refractivity contribution >= 4 is 58.5 Å². The molecule has 5 aromatic carbocycles. The summed E-state index contributed by atoms with van der Waals surface area (Å²) < 4.78 is 75.4. The van der Waals surface area contributed by atoms with E-state index in [0.29, 0.717) is 75.1 Å². The molecule has 539 valence electrons. The molecule has 20 heteroatoms. The Bertz CT molecular complexity index is 3000. The molecule has 98 heavy (non-hydrogen) atoms. The van der Waals surface area contributed by atoms with Gasteiger partial charge >= 0.3 is 194 Å². The average Bonchev–Trinajstić information content (AvgIpc) is 0.743. The van der Waals surface area contributed by atoms with E-state index in [1.807, 2.05) is 72.4 Å². The van der Waals surface area contributed by atoms with E-state index in [1.54, 1.807) is 0 Å². The molecule has 2 aliphatic heterocycles. The van der Waals surface area contributed by atoms with Gasteiger partial charge in [-0.2, -0.15) is 121 Å². The molecule has 10 fully saturated rings. The van der Waals surface area contributed by atoms with Crippen LogP contribution in [-0.2, 0) is 102 Å². The molecule has 0 amide bonds. The van der Waals surface area contributed by atoms with Crippen LogP contribution in [0.15, 0.2) is 138 Å². The van der Waals surface area contributed by atoms with Crippen LogP contribution < -0.4 is 21.2 Å². The summed E-state index contributed by atoms with van der Waals surface area (Å²) in [4.78, 5) is 80.6. The largest absolute Gasteiger partial charge is 2.00 e. The van der Waals surface area contributed by atoms with Gasteiger partial charge in [-0.05, 0) is 99.2 Å². The van der Waals surface area contributed by atoms with E-state index >= 15 is 0 Å². The fourth-order valence-electron chi connectivity index (χ4n) is 13.4. The Morgan fingerprint density at radius 3 is 1.02 bits per heavy atom. The first-order valence-electron chi connectivity index (χ1n) is 33.1. The number of carbonyl (C=O) groups excluding carboxylic acids is 8. The molecule has 1 radical (unpaired) electrons. The van der Waals surface area contributed by atoms with Gasteiger partial charge in [0.25, 0.3) is 0 Å². The number of hydrogen-bond donors (Lipinski definition) is 0. The molecule has 4 unspecified atom stereocenters. The standard InChI is InChI=1S/C20H26I.C14H21OS.2C13H16F2O3.2C6H5.C4H8OS.2CO2.Cu/c1-19(2,3)15-7-11-17(12-8-15)21-18-13-9-16(10-14-18)20(4,5)6;1-14(2,3)12-4-6-13(7-5-12)16-10-8-15-9-11-16;2*1-12(14,15)11(17)18-13-4-7-2-8(5-13)10(16)9(3-7)6-13;2*1-2-4-6-5-3-1;1-3-6-4-2-5-1;2*2-1-3;/h7-14H,1-6H3;4-7H,8-11H2,1-3H3;2*7-9H,2-6H2,1H3;2*1-5H;1-4H2;;;/q-1;+1;;;2*-1;;;;+2. The monoisotopic (exact) mass is 1560 g/mol. The topological polar surface area (TPSA) is 173 Å². The minimum absolute atomic E-state index is 0. The second-order valence-corrected chi connectivity index (χ2v) is 35.4. The zero-order valence-electron chi connectivity index (χ0n) is 58.3. The summed E-state index contributed by atoms with van der Waals surface area (Å²) in [5, 5.41) is 0. The van der Waals surface area contributed by atoms with Crippen molar-refractivity contribution in [1.82, 2.24) is 0 Å². The maximum atomic E-state index is 12.9. The van der Waals surface area contributed by atoms with Crippen LogP contribution in [0.2, 0.25) is 0 Å². The average molecular weight is 1560 g/mol. The summed E-state index contributed by atoms with van der Waals surface area (Å²) in [5.74, 6) is -4.08. The van der Waals surface area contributed by atoms with Crippen molar-refractivity contribution in [2.24, 2.45) is 35.5 Å². The van der Waals surface area contributed by atoms with Crippen LogP contribution in [0.4, 0.5) is 17.6 Å². The Kier molecular flexibility index (Phi) is 34.6. The molecule has 2 saturated heterocycles. The number of ketones is 2. The quantitative estimate of drug-likeness (QED) is 0.0376. The molecule has 2 heterocycles. The number of benzene rings is 5. The first-order valence-corrected chi connectivity index (χ1v) is 38.0. The van der Waals surface area contributed by atoms with E-state index in [0.717, 1.165) is 52.1 Å². The van der Waals surface area contributed by atoms with Gasteiger partial charge in [0.05, 0.1) is 26.4 Å². The maximum absolute atomic E-state index is 12.9. The van der Waals surface area contributed by atoms with Crippen molar-refractivity contribution in [2.45, 2.75) is 185 Å². The Morgan fingerprint density at radius 1 is 0.490 bits per heavy atom. The van der Waals surface area contributed by atoms with Crippen molar-refractivity contribution < 1.29 is 113 Å². The number of thioether (sulfide) groups is 1. The van der Waals surface area contributed by atoms with Crippen molar-refractivity contribution in [3.63, 3.8) is 0 Å². The molecular formula is C78H97CuF4IO12S2. The molecule has 0 N–H and O–H groups in total. The first kappa shape index (κ1) is 85.1. The molecule has 8 saturated carbocycles. The third-order valence-corrected chi connectivity index (χ3v) is 23.7. The number of esters is 2. The second-order valence-electron chi connectivity index (χ2n) is 28.9. The summed E-state index contributed by atoms with van der Waals surface area (Å²) in [5.41, 5.74) is 3.42. The number of Topliss-reactive ketones (excluding diaryl/α,β-unsaturated/α-hetero) is 2. The van der Waals surface area contributed by atoms with Gasteiger partial charge in [-0.15, -0.1) is 0 Å². The fraction of sp³-hybridized carbons (Fsp3) is 0.538. The van der Waals surface area contributed by atoms with Crippen molar-refractivity contribution in [2.75, 3.05) is 49.4 Å². The van der Waals surface area contributed by atoms with Crippen LogP contribution in [0.3, 0.4) is 0 Å². The summed E-state index contributed by atoms with van der Waals surface area (Å²) in [7, 11) is 0.432. The third kappa shape index (κ3) is 28.3. The molecule has 5 aromatic rings. The van der Waals surface area contributed by atoms with E-state index in [4.69, 9.17) is 38.1 Å². The molecule has 8 bridgehead atoms. The molecular weight excluding hydrogens is 1460 g/mol. The summed E-state index contributed by atoms with van der Waals surface area (Å²) in [6.45, 7) is 25.3. The first-order chi connectivity index (χ1) is 45.6. The normalized spacial score (nSPS) is 23.9. The number of carbonyl (C=O) groups is 4. The van der Waals surface area contributed by atoms with Crippen molar-refractivity contribution in [1.29, 1.82) is 0 Å². The molecule has 12 nitrogen and oxygen atoms in total. The van der Waals surface area contributed by atoms with Gasteiger partial charge in [-0.1, -0.05) is 32.9 Å². The van der Waals surface area contributed by atoms with Gasteiger partial charge in [0.15, 0.2) is 4.90 Å². The van der Waals surface area contributed by atoms with Crippen LogP contribution in [0.25, 0.3) is 0 Å². The Hall–Kier alpha value is -5.27. The van der Waals surface area contributed by atoms with Crippen LogP contribution in [0, 0.1) is 54.8 Å². The zero-order chi connectivity index (χ0) is 71.7. The minimum atomic E-state index is -3.45. The SMILES string of the molecule is C1CSCCO1.CC(C)(C)c1ccc([I-]c2ccc(C(C)(C)C)cc2)cc1.CC(C)(C)c1ccc([S+]2CCOCC2)cc1.CC(F)(F)C(=O)OC12CC3CC(C1)C(=O)C(C3)C2.CC(F)(F)C(=O)OC12CC3CC(C1)C(=O)C(C3)C2.O=C=O.O=C=O.[Cu+2].[c-]1ccccc1.[c-]1ccccc1. The predicted molar refractivity (Wildman–Crippen MR) is 364 cm³/mol. The summed E-state index contributed by atoms with van der Waals surface area (Å²) >= 11 is 1.90. The van der Waals surface area contributed by atoms with Gasteiger partial charge in [-0.3, -0.25) is 9.59 Å². The van der Waals surface area contributed by atoms with Crippen molar-refractivity contribution in [3.05, 3.63) is 169 Å². The molecule has 15 rings (SSSR count). The van der Waals surface area contributed by atoms with Crippen molar-refractivity contribution in [3.8, 4) is 0 Å². The van der Waals surface area contributed by atoms with Crippen LogP contribution in [-0.4, -0.2) is 108 Å². The molecule has 0 aromatic heterocycles. The van der Waals surface area contributed by atoms with Gasteiger partial charge in [-0.25, -0.2) is 9.59 Å². The van der Waals surface area contributed by atoms with Gasteiger partial charge < -0.3 is 18.9 Å². The molecule has 8 aliphatic carbocycles. The summed E-state index contributed by atoms with van der Waals surface area (Å²) in [6.07, 6.45) is 6.95. The summed E-state index contributed by atoms with van der Waals surface area (Å²) in [6, 6.07) is 52.6. The van der Waals surface area contributed by atoms with Gasteiger partial charge in [0.2, 0.25) is 0 Å². The number of alkyl halides is 4. The Balaban J connectivity index is 0.000000249. The molecule has 10 aliphatic rings. The van der Waals surface area contributed by atoms with E-state index in [1.165, 1.54) is 51.7 Å². The Morgan fingerprint density at radius 2 is 0.786 bits per heavy atom. The molecule has 4 atom stereocenters. The molecule has 0 spiro atoms. The third-order valence-electron chi connectivity index (χ3n) is 17.8. The predicted octanol–water partition coefficient (Wildman–Crippen LogP) is 12.6. The Labute approximate surface area is 606 Å². The van der Waals surface area contributed by atoms with Crippen LogP contribution in [0.1, 0.15) is 157 Å².